The molecule has 0 aliphatic carbocycles. The van der Waals surface area contributed by atoms with Gasteiger partial charge in [0.1, 0.15) is 5.75 Å². The van der Waals surface area contributed by atoms with Crippen LogP contribution in [0.2, 0.25) is 5.02 Å². The average molecular weight is 513 g/mol. The molecule has 0 spiro atoms. The Hall–Kier alpha value is -4.24. The van der Waals surface area contributed by atoms with Gasteiger partial charge in [-0.3, -0.25) is 4.79 Å². The molecule has 3 aromatic rings. The molecule has 0 heterocycles. The fourth-order valence-electron chi connectivity index (χ4n) is 2.97. The van der Waals surface area contributed by atoms with Gasteiger partial charge in [-0.05, 0) is 73.2 Å². The Morgan fingerprint density at radius 3 is 2.31 bits per heavy atom. The number of benzene rings is 3. The Labute approximate surface area is 213 Å². The van der Waals surface area contributed by atoms with Gasteiger partial charge in [0, 0.05) is 5.02 Å². The van der Waals surface area contributed by atoms with Crippen molar-refractivity contribution >= 4 is 29.7 Å². The van der Waals surface area contributed by atoms with Crippen LogP contribution < -0.4 is 29.1 Å². The zero-order chi connectivity index (χ0) is 25.9. The van der Waals surface area contributed by atoms with Crippen LogP contribution in [-0.4, -0.2) is 45.5 Å². The molecule has 0 saturated carbocycles. The van der Waals surface area contributed by atoms with Gasteiger partial charge in [0.25, 0.3) is 5.91 Å². The SMILES string of the molecule is CCOc1cc(/C=N/NC(=O)COc2ccc(Cl)cc2)ccc1OC(=O)c1ccc(OC)c(OC)c1. The fourth-order valence-corrected chi connectivity index (χ4v) is 3.10. The summed E-state index contributed by atoms with van der Waals surface area (Å²) in [5, 5.41) is 4.50. The third-order valence-electron chi connectivity index (χ3n) is 4.68. The third kappa shape index (κ3) is 7.38. The topological polar surface area (TPSA) is 105 Å². The van der Waals surface area contributed by atoms with E-state index in [0.29, 0.717) is 40.2 Å². The number of ether oxygens (including phenoxy) is 5. The first kappa shape index (κ1) is 26.4. The normalized spacial score (nSPS) is 10.6. The molecular weight excluding hydrogens is 488 g/mol. The van der Waals surface area contributed by atoms with E-state index in [2.05, 4.69) is 10.5 Å². The summed E-state index contributed by atoms with van der Waals surface area (Å²) in [6, 6.07) is 16.3. The predicted molar refractivity (Wildman–Crippen MR) is 135 cm³/mol. The van der Waals surface area contributed by atoms with Crippen molar-refractivity contribution in [2.75, 3.05) is 27.4 Å². The van der Waals surface area contributed by atoms with E-state index in [1.165, 1.54) is 26.5 Å². The van der Waals surface area contributed by atoms with Gasteiger partial charge in [-0.25, -0.2) is 10.2 Å². The molecular formula is C26H25ClN2O7. The highest BCUT2D eigenvalue weighted by molar-refractivity contribution is 6.30. The van der Waals surface area contributed by atoms with Crippen molar-refractivity contribution in [1.29, 1.82) is 0 Å². The number of nitrogens with zero attached hydrogens (tertiary/aromatic N) is 1. The molecule has 3 rings (SSSR count). The van der Waals surface area contributed by atoms with Crippen molar-refractivity contribution in [1.82, 2.24) is 5.43 Å². The lowest BCUT2D eigenvalue weighted by atomic mass is 10.2. The van der Waals surface area contributed by atoms with Crippen molar-refractivity contribution in [3.05, 3.63) is 76.8 Å². The Morgan fingerprint density at radius 2 is 1.61 bits per heavy atom. The number of amides is 1. The lowest BCUT2D eigenvalue weighted by Crippen LogP contribution is -2.24. The zero-order valence-corrected chi connectivity index (χ0v) is 20.7. The van der Waals surface area contributed by atoms with Gasteiger partial charge in [-0.15, -0.1) is 0 Å². The summed E-state index contributed by atoms with van der Waals surface area (Å²) in [5.41, 5.74) is 3.28. The standard InChI is InChI=1S/C26H25ClN2O7/c1-4-34-24-13-17(15-28-29-25(30)16-35-20-9-7-19(27)8-10-20)5-11-22(24)36-26(31)18-6-12-21(32-2)23(14-18)33-3/h5-15H,4,16H2,1-3H3,(H,29,30)/b28-15+. The van der Waals surface area contributed by atoms with Gasteiger partial charge in [-0.2, -0.15) is 5.10 Å². The molecule has 0 bridgehead atoms. The monoisotopic (exact) mass is 512 g/mol. The summed E-state index contributed by atoms with van der Waals surface area (Å²) in [5.74, 6) is 0.957. The van der Waals surface area contributed by atoms with E-state index in [-0.39, 0.29) is 17.9 Å². The van der Waals surface area contributed by atoms with Crippen molar-refractivity contribution in [3.8, 4) is 28.7 Å². The smallest absolute Gasteiger partial charge is 0.343 e. The zero-order valence-electron chi connectivity index (χ0n) is 19.9. The van der Waals surface area contributed by atoms with Crippen molar-refractivity contribution in [2.45, 2.75) is 6.92 Å². The molecule has 0 aliphatic heterocycles. The highest BCUT2D eigenvalue weighted by Gasteiger charge is 2.16. The van der Waals surface area contributed by atoms with Gasteiger partial charge in [0.15, 0.2) is 29.6 Å². The fraction of sp³-hybridized carbons (Fsp3) is 0.192. The molecule has 0 atom stereocenters. The molecule has 3 aromatic carbocycles. The molecule has 0 radical (unpaired) electrons. The summed E-state index contributed by atoms with van der Waals surface area (Å²) < 4.78 is 26.9. The number of halogens is 1. The lowest BCUT2D eigenvalue weighted by Gasteiger charge is -2.12. The number of rotatable bonds is 11. The highest BCUT2D eigenvalue weighted by Crippen LogP contribution is 2.31. The predicted octanol–water partition coefficient (Wildman–Crippen LogP) is 4.50. The molecule has 0 saturated heterocycles. The quantitative estimate of drug-likeness (QED) is 0.174. The van der Waals surface area contributed by atoms with Crippen LogP contribution in [0.15, 0.2) is 65.8 Å². The number of hydrogen-bond acceptors (Lipinski definition) is 8. The van der Waals surface area contributed by atoms with E-state index in [0.717, 1.165) is 0 Å². The second-order valence-corrected chi connectivity index (χ2v) is 7.57. The largest absolute Gasteiger partial charge is 0.493 e. The van der Waals surface area contributed by atoms with E-state index in [9.17, 15) is 9.59 Å². The van der Waals surface area contributed by atoms with E-state index >= 15 is 0 Å². The molecule has 0 unspecified atom stereocenters. The van der Waals surface area contributed by atoms with Gasteiger partial charge in [-0.1, -0.05) is 11.6 Å². The minimum Gasteiger partial charge on any atom is -0.493 e. The molecule has 36 heavy (non-hydrogen) atoms. The highest BCUT2D eigenvalue weighted by atomic mass is 35.5. The first-order valence-electron chi connectivity index (χ1n) is 10.8. The summed E-state index contributed by atoms with van der Waals surface area (Å²) in [6.07, 6.45) is 1.43. The number of methoxy groups -OCH3 is 2. The van der Waals surface area contributed by atoms with Crippen LogP contribution in [0.5, 0.6) is 28.7 Å². The molecule has 0 aromatic heterocycles. The van der Waals surface area contributed by atoms with Crippen LogP contribution in [0.3, 0.4) is 0 Å². The summed E-state index contributed by atoms with van der Waals surface area (Å²) in [6.45, 7) is 1.94. The second-order valence-electron chi connectivity index (χ2n) is 7.13. The summed E-state index contributed by atoms with van der Waals surface area (Å²) in [7, 11) is 2.99. The molecule has 188 valence electrons. The number of hydrazone groups is 1. The van der Waals surface area contributed by atoms with Crippen molar-refractivity contribution < 1.29 is 33.3 Å². The maximum atomic E-state index is 12.7. The van der Waals surface area contributed by atoms with Gasteiger partial charge >= 0.3 is 5.97 Å². The van der Waals surface area contributed by atoms with E-state index in [1.807, 2.05) is 6.92 Å². The van der Waals surface area contributed by atoms with Crippen LogP contribution in [0.25, 0.3) is 0 Å². The van der Waals surface area contributed by atoms with Crippen LogP contribution in [-0.2, 0) is 4.79 Å². The Kier molecular flexibility index (Phi) is 9.53. The lowest BCUT2D eigenvalue weighted by molar-refractivity contribution is -0.123. The van der Waals surface area contributed by atoms with E-state index < -0.39 is 11.9 Å². The molecule has 0 fully saturated rings. The van der Waals surface area contributed by atoms with E-state index in [4.69, 9.17) is 35.3 Å². The molecule has 10 heteroatoms. The van der Waals surface area contributed by atoms with Gasteiger partial charge in [0.2, 0.25) is 0 Å². The molecule has 9 nitrogen and oxygen atoms in total. The molecule has 1 amide bonds. The Balaban J connectivity index is 1.62. The maximum absolute atomic E-state index is 12.7. The Bertz CT molecular complexity index is 1230. The molecule has 1 N–H and O–H groups in total. The van der Waals surface area contributed by atoms with E-state index in [1.54, 1.807) is 54.6 Å². The second kappa shape index (κ2) is 13.0. The van der Waals surface area contributed by atoms with Gasteiger partial charge < -0.3 is 23.7 Å². The number of carbonyl (C=O) groups is 2. The number of hydrogen-bond donors (Lipinski definition) is 1. The maximum Gasteiger partial charge on any atom is 0.343 e. The van der Waals surface area contributed by atoms with Crippen LogP contribution in [0.1, 0.15) is 22.8 Å². The van der Waals surface area contributed by atoms with Crippen LogP contribution in [0.4, 0.5) is 0 Å². The van der Waals surface area contributed by atoms with Gasteiger partial charge in [0.05, 0.1) is 32.6 Å². The minimum absolute atomic E-state index is 0.214. The third-order valence-corrected chi connectivity index (χ3v) is 4.93. The Morgan fingerprint density at radius 1 is 0.889 bits per heavy atom. The number of esters is 1. The van der Waals surface area contributed by atoms with Crippen LogP contribution >= 0.6 is 11.6 Å². The number of carbonyl (C=O) groups excluding carboxylic acids is 2. The first-order valence-corrected chi connectivity index (χ1v) is 11.2. The molecule has 0 aliphatic rings. The summed E-state index contributed by atoms with van der Waals surface area (Å²) in [4.78, 5) is 24.6. The van der Waals surface area contributed by atoms with Crippen molar-refractivity contribution in [2.24, 2.45) is 5.10 Å². The summed E-state index contributed by atoms with van der Waals surface area (Å²) >= 11 is 5.82. The first-order chi connectivity index (χ1) is 17.4. The van der Waals surface area contributed by atoms with Crippen molar-refractivity contribution in [3.63, 3.8) is 0 Å². The average Bonchev–Trinajstić information content (AvgIpc) is 2.89. The minimum atomic E-state index is -0.591. The number of nitrogens with one attached hydrogen (secondary N) is 1. The van der Waals surface area contributed by atoms with Crippen LogP contribution in [0, 0.1) is 0 Å².